The van der Waals surface area contributed by atoms with Gasteiger partial charge in [-0.3, -0.25) is 14.9 Å². The number of imide groups is 2. The monoisotopic (exact) mass is 412 g/mol. The number of para-hydroxylation sites is 1. The Bertz CT molecular complexity index is 1050. The number of carbonyl (C=O) groups is 3. The standard InChI is InChI=1S/C21H20N2O7/c1-27-13-8-9-16(28-2)15(11-13)23-20(25)14(19(24)22-21(23)26)10-12-6-5-7-17(29-3)18(12)30-4/h5-11H,1-4H3,(H,22,24,26). The molecule has 4 amide bonds. The van der Waals surface area contributed by atoms with Gasteiger partial charge in [0.2, 0.25) is 0 Å². The Kier molecular flexibility index (Phi) is 5.91. The molecule has 0 unspecified atom stereocenters. The first-order valence-corrected chi connectivity index (χ1v) is 8.79. The number of nitrogens with one attached hydrogen (secondary N) is 1. The second-order valence-corrected chi connectivity index (χ2v) is 6.08. The van der Waals surface area contributed by atoms with Crippen LogP contribution in [-0.4, -0.2) is 46.3 Å². The second kappa shape index (κ2) is 8.56. The number of hydrogen-bond donors (Lipinski definition) is 1. The zero-order chi connectivity index (χ0) is 21.8. The highest BCUT2D eigenvalue weighted by atomic mass is 16.5. The molecule has 2 aromatic carbocycles. The highest BCUT2D eigenvalue weighted by Crippen LogP contribution is 2.36. The molecule has 0 bridgehead atoms. The number of nitrogens with zero attached hydrogens (tertiary/aromatic N) is 1. The van der Waals surface area contributed by atoms with Gasteiger partial charge in [-0.1, -0.05) is 12.1 Å². The fourth-order valence-electron chi connectivity index (χ4n) is 3.03. The van der Waals surface area contributed by atoms with Crippen molar-refractivity contribution < 1.29 is 33.3 Å². The number of methoxy groups -OCH3 is 4. The first kappa shape index (κ1) is 20.7. The lowest BCUT2D eigenvalue weighted by Gasteiger charge is -2.27. The molecule has 9 heteroatoms. The van der Waals surface area contributed by atoms with Gasteiger partial charge in [0.05, 0.1) is 34.1 Å². The van der Waals surface area contributed by atoms with Crippen molar-refractivity contribution in [3.05, 3.63) is 47.5 Å². The molecule has 0 spiro atoms. The van der Waals surface area contributed by atoms with Crippen LogP contribution in [0.1, 0.15) is 5.56 Å². The largest absolute Gasteiger partial charge is 0.497 e. The Labute approximate surface area is 172 Å². The third-order valence-electron chi connectivity index (χ3n) is 4.46. The normalized spacial score (nSPS) is 15.1. The van der Waals surface area contributed by atoms with E-state index in [0.717, 1.165) is 4.90 Å². The molecule has 9 nitrogen and oxygen atoms in total. The molecule has 0 aliphatic carbocycles. The minimum Gasteiger partial charge on any atom is -0.497 e. The zero-order valence-corrected chi connectivity index (χ0v) is 16.8. The second-order valence-electron chi connectivity index (χ2n) is 6.08. The number of rotatable bonds is 6. The lowest BCUT2D eigenvalue weighted by molar-refractivity contribution is -0.122. The van der Waals surface area contributed by atoms with Crippen molar-refractivity contribution in [2.45, 2.75) is 0 Å². The molecular formula is C21H20N2O7. The highest BCUT2D eigenvalue weighted by molar-refractivity contribution is 6.39. The van der Waals surface area contributed by atoms with Gasteiger partial charge in [-0.05, 0) is 24.3 Å². The number of anilines is 1. The summed E-state index contributed by atoms with van der Waals surface area (Å²) in [4.78, 5) is 39.0. The van der Waals surface area contributed by atoms with Gasteiger partial charge in [0, 0.05) is 11.6 Å². The van der Waals surface area contributed by atoms with Gasteiger partial charge in [0.25, 0.3) is 11.8 Å². The Morgan fingerprint density at radius 2 is 1.60 bits per heavy atom. The fraction of sp³-hybridized carbons (Fsp3) is 0.190. The van der Waals surface area contributed by atoms with Crippen molar-refractivity contribution in [2.75, 3.05) is 33.3 Å². The maximum Gasteiger partial charge on any atom is 0.336 e. The van der Waals surface area contributed by atoms with Crippen molar-refractivity contribution in [1.82, 2.24) is 5.32 Å². The quantitative estimate of drug-likeness (QED) is 0.574. The van der Waals surface area contributed by atoms with Crippen LogP contribution in [0.25, 0.3) is 6.08 Å². The van der Waals surface area contributed by atoms with Crippen LogP contribution >= 0.6 is 0 Å². The van der Waals surface area contributed by atoms with Gasteiger partial charge in [-0.2, -0.15) is 0 Å². The van der Waals surface area contributed by atoms with Crippen LogP contribution in [0.4, 0.5) is 10.5 Å². The molecule has 1 N–H and O–H groups in total. The van der Waals surface area contributed by atoms with Crippen molar-refractivity contribution in [1.29, 1.82) is 0 Å². The van der Waals surface area contributed by atoms with Crippen LogP contribution in [-0.2, 0) is 9.59 Å². The maximum absolute atomic E-state index is 13.2. The van der Waals surface area contributed by atoms with Crippen LogP contribution in [0, 0.1) is 0 Å². The first-order valence-electron chi connectivity index (χ1n) is 8.79. The molecule has 0 aromatic heterocycles. The molecule has 3 rings (SSSR count). The summed E-state index contributed by atoms with van der Waals surface area (Å²) < 4.78 is 21.0. The third kappa shape index (κ3) is 3.64. The van der Waals surface area contributed by atoms with E-state index in [4.69, 9.17) is 18.9 Å². The van der Waals surface area contributed by atoms with Crippen molar-refractivity contribution in [2.24, 2.45) is 0 Å². The number of benzene rings is 2. The molecular weight excluding hydrogens is 392 g/mol. The van der Waals surface area contributed by atoms with Gasteiger partial charge in [-0.25, -0.2) is 9.69 Å². The molecule has 1 aliphatic rings. The molecule has 0 radical (unpaired) electrons. The van der Waals surface area contributed by atoms with Gasteiger partial charge >= 0.3 is 6.03 Å². The van der Waals surface area contributed by atoms with Crippen LogP contribution in [0.15, 0.2) is 42.0 Å². The summed E-state index contributed by atoms with van der Waals surface area (Å²) in [6.07, 6.45) is 1.34. The van der Waals surface area contributed by atoms with Crippen molar-refractivity contribution >= 4 is 29.6 Å². The van der Waals surface area contributed by atoms with E-state index in [1.165, 1.54) is 40.6 Å². The van der Waals surface area contributed by atoms with Crippen LogP contribution < -0.4 is 29.2 Å². The van der Waals surface area contributed by atoms with Gasteiger partial charge in [0.15, 0.2) is 11.5 Å². The zero-order valence-electron chi connectivity index (χ0n) is 16.8. The summed E-state index contributed by atoms with van der Waals surface area (Å²) in [7, 11) is 5.77. The van der Waals surface area contributed by atoms with Crippen molar-refractivity contribution in [3.8, 4) is 23.0 Å². The van der Waals surface area contributed by atoms with E-state index in [0.29, 0.717) is 22.8 Å². The van der Waals surface area contributed by atoms with E-state index in [1.54, 1.807) is 30.3 Å². The predicted octanol–water partition coefficient (Wildman–Crippen LogP) is 2.39. The number of carbonyl (C=O) groups excluding carboxylic acids is 3. The summed E-state index contributed by atoms with van der Waals surface area (Å²) in [6.45, 7) is 0. The van der Waals surface area contributed by atoms with Gasteiger partial charge in [0.1, 0.15) is 17.1 Å². The maximum atomic E-state index is 13.2. The van der Waals surface area contributed by atoms with E-state index < -0.39 is 17.8 Å². The van der Waals surface area contributed by atoms with E-state index in [9.17, 15) is 14.4 Å². The summed E-state index contributed by atoms with van der Waals surface area (Å²) in [6, 6.07) is 8.77. The van der Waals surface area contributed by atoms with Gasteiger partial charge < -0.3 is 18.9 Å². The Morgan fingerprint density at radius 3 is 2.23 bits per heavy atom. The molecule has 0 atom stereocenters. The number of urea groups is 1. The van der Waals surface area contributed by atoms with E-state index in [-0.39, 0.29) is 17.0 Å². The third-order valence-corrected chi connectivity index (χ3v) is 4.46. The average molecular weight is 412 g/mol. The molecule has 1 saturated heterocycles. The Hall–Kier alpha value is -4.01. The lowest BCUT2D eigenvalue weighted by Crippen LogP contribution is -2.54. The lowest BCUT2D eigenvalue weighted by atomic mass is 10.1. The van der Waals surface area contributed by atoms with Gasteiger partial charge in [-0.15, -0.1) is 0 Å². The number of hydrogen-bond acceptors (Lipinski definition) is 7. The predicted molar refractivity (Wildman–Crippen MR) is 108 cm³/mol. The molecule has 156 valence electrons. The number of barbiturate groups is 1. The minimum absolute atomic E-state index is 0.135. The number of ether oxygens (including phenoxy) is 4. The minimum atomic E-state index is -0.897. The smallest absolute Gasteiger partial charge is 0.336 e. The Morgan fingerprint density at radius 1 is 0.867 bits per heavy atom. The molecule has 30 heavy (non-hydrogen) atoms. The molecule has 1 heterocycles. The number of amides is 4. The average Bonchev–Trinajstić information content (AvgIpc) is 2.75. The van der Waals surface area contributed by atoms with Crippen molar-refractivity contribution in [3.63, 3.8) is 0 Å². The topological polar surface area (TPSA) is 103 Å². The van der Waals surface area contributed by atoms with Crippen LogP contribution in [0.5, 0.6) is 23.0 Å². The summed E-state index contributed by atoms with van der Waals surface area (Å²) in [5.74, 6) is -0.211. The highest BCUT2D eigenvalue weighted by Gasteiger charge is 2.38. The first-order chi connectivity index (χ1) is 14.4. The Balaban J connectivity index is 2.12. The SMILES string of the molecule is COc1ccc(OC)c(N2C(=O)NC(=O)C(=Cc3cccc(OC)c3OC)C2=O)c1. The molecule has 1 fully saturated rings. The van der Waals surface area contributed by atoms with Crippen LogP contribution in [0.3, 0.4) is 0 Å². The molecule has 0 saturated carbocycles. The van der Waals surface area contributed by atoms with E-state index >= 15 is 0 Å². The summed E-state index contributed by atoms with van der Waals surface area (Å²) >= 11 is 0. The van der Waals surface area contributed by atoms with Crippen LogP contribution in [0.2, 0.25) is 0 Å². The summed E-state index contributed by atoms with van der Waals surface area (Å²) in [5, 5.41) is 2.17. The van der Waals surface area contributed by atoms with E-state index in [2.05, 4.69) is 5.32 Å². The summed E-state index contributed by atoms with van der Waals surface area (Å²) in [5.41, 5.74) is 0.309. The fourth-order valence-corrected chi connectivity index (χ4v) is 3.03. The molecule has 1 aliphatic heterocycles. The molecule has 2 aromatic rings. The van der Waals surface area contributed by atoms with E-state index in [1.807, 2.05) is 0 Å².